The Hall–Kier alpha value is -3.67. The number of carbonyl (C=O) groups excluding carboxylic acids is 2. The number of anilines is 4. The Labute approximate surface area is 164 Å². The number of benzene rings is 2. The van der Waals surface area contributed by atoms with E-state index in [-0.39, 0.29) is 11.8 Å². The van der Waals surface area contributed by atoms with Crippen LogP contribution in [0.5, 0.6) is 0 Å². The summed E-state index contributed by atoms with van der Waals surface area (Å²) in [5, 5.41) is 8.78. The summed E-state index contributed by atoms with van der Waals surface area (Å²) in [5.41, 5.74) is 3.86. The minimum Gasteiger partial charge on any atom is -0.340 e. The molecule has 2 amide bonds. The normalized spacial score (nSPS) is 10.2. The van der Waals surface area contributed by atoms with Gasteiger partial charge in [-0.05, 0) is 48.4 Å². The van der Waals surface area contributed by atoms with Crippen molar-refractivity contribution in [2.75, 3.05) is 16.0 Å². The van der Waals surface area contributed by atoms with Crippen LogP contribution in [0.3, 0.4) is 0 Å². The summed E-state index contributed by atoms with van der Waals surface area (Å²) in [6.45, 7) is 3.54. The lowest BCUT2D eigenvalue weighted by Crippen LogP contribution is -2.13. The van der Waals surface area contributed by atoms with Crippen molar-refractivity contribution in [1.29, 1.82) is 0 Å². The number of aryl methyl sites for hydroxylation is 1. The molecular formula is C22H22N4O2. The molecule has 0 aliphatic heterocycles. The molecule has 3 rings (SSSR count). The Balaban J connectivity index is 1.68. The van der Waals surface area contributed by atoms with Gasteiger partial charge in [-0.15, -0.1) is 0 Å². The summed E-state index contributed by atoms with van der Waals surface area (Å²) >= 11 is 0. The number of carbonyl (C=O) groups is 2. The molecule has 2 aromatic carbocycles. The standard InChI is InChI=1S/C22H22N4O2/c1-3-16-7-4-5-10-20(16)26-21-12-11-17(14-23-21)22(28)25-19-9-6-8-18(13-19)24-15(2)27/h4-14H,3H2,1-2H3,(H,23,26)(H,24,27)(H,25,28). The van der Waals surface area contributed by atoms with Gasteiger partial charge in [0.2, 0.25) is 5.91 Å². The second-order valence-corrected chi connectivity index (χ2v) is 6.28. The molecule has 0 saturated heterocycles. The highest BCUT2D eigenvalue weighted by atomic mass is 16.2. The lowest BCUT2D eigenvalue weighted by Gasteiger charge is -2.11. The highest BCUT2D eigenvalue weighted by Crippen LogP contribution is 2.20. The van der Waals surface area contributed by atoms with Crippen molar-refractivity contribution < 1.29 is 9.59 Å². The quantitative estimate of drug-likeness (QED) is 0.589. The average molecular weight is 374 g/mol. The molecule has 6 nitrogen and oxygen atoms in total. The zero-order valence-corrected chi connectivity index (χ0v) is 15.8. The molecule has 0 atom stereocenters. The fourth-order valence-corrected chi connectivity index (χ4v) is 2.77. The first-order valence-corrected chi connectivity index (χ1v) is 9.05. The summed E-state index contributed by atoms with van der Waals surface area (Å²) < 4.78 is 0. The molecule has 0 unspecified atom stereocenters. The lowest BCUT2D eigenvalue weighted by atomic mass is 10.1. The van der Waals surface area contributed by atoms with Gasteiger partial charge >= 0.3 is 0 Å². The monoisotopic (exact) mass is 374 g/mol. The highest BCUT2D eigenvalue weighted by molar-refractivity contribution is 6.04. The van der Waals surface area contributed by atoms with Crippen molar-refractivity contribution >= 4 is 34.7 Å². The van der Waals surface area contributed by atoms with E-state index >= 15 is 0 Å². The summed E-state index contributed by atoms with van der Waals surface area (Å²) in [4.78, 5) is 28.0. The van der Waals surface area contributed by atoms with Gasteiger partial charge < -0.3 is 16.0 Å². The van der Waals surface area contributed by atoms with Crippen molar-refractivity contribution in [3.05, 3.63) is 78.0 Å². The third-order valence-electron chi connectivity index (χ3n) is 4.13. The van der Waals surface area contributed by atoms with Gasteiger partial charge in [-0.25, -0.2) is 4.98 Å². The molecule has 142 valence electrons. The topological polar surface area (TPSA) is 83.1 Å². The zero-order valence-electron chi connectivity index (χ0n) is 15.8. The molecule has 0 saturated carbocycles. The van der Waals surface area contributed by atoms with Gasteiger partial charge in [0.25, 0.3) is 5.91 Å². The molecule has 3 aromatic rings. The van der Waals surface area contributed by atoms with Crippen LogP contribution in [-0.2, 0) is 11.2 Å². The second-order valence-electron chi connectivity index (χ2n) is 6.28. The van der Waals surface area contributed by atoms with Gasteiger partial charge in [-0.1, -0.05) is 31.2 Å². The Bertz CT molecular complexity index is 984. The number of para-hydroxylation sites is 1. The van der Waals surface area contributed by atoms with Gasteiger partial charge in [0, 0.05) is 30.2 Å². The first-order valence-electron chi connectivity index (χ1n) is 9.05. The van der Waals surface area contributed by atoms with E-state index in [1.165, 1.54) is 18.7 Å². The molecule has 0 radical (unpaired) electrons. The van der Waals surface area contributed by atoms with Crippen LogP contribution in [0.2, 0.25) is 0 Å². The van der Waals surface area contributed by atoms with Crippen LogP contribution in [0.4, 0.5) is 22.9 Å². The molecule has 3 N–H and O–H groups in total. The molecule has 0 fully saturated rings. The number of pyridine rings is 1. The summed E-state index contributed by atoms with van der Waals surface area (Å²) in [6.07, 6.45) is 2.45. The first kappa shape index (κ1) is 19.1. The summed E-state index contributed by atoms with van der Waals surface area (Å²) in [5.74, 6) is 0.235. The number of hydrogen-bond donors (Lipinski definition) is 3. The van der Waals surface area contributed by atoms with Crippen molar-refractivity contribution in [2.24, 2.45) is 0 Å². The Morgan fingerprint density at radius 3 is 2.36 bits per heavy atom. The Kier molecular flexibility index (Phi) is 6.01. The average Bonchev–Trinajstić information content (AvgIpc) is 2.68. The number of aromatic nitrogens is 1. The third-order valence-corrected chi connectivity index (χ3v) is 4.13. The summed E-state index contributed by atoms with van der Waals surface area (Å²) in [7, 11) is 0. The fraction of sp³-hybridized carbons (Fsp3) is 0.136. The van der Waals surface area contributed by atoms with E-state index in [0.717, 1.165) is 12.1 Å². The van der Waals surface area contributed by atoms with Crippen molar-refractivity contribution in [3.63, 3.8) is 0 Å². The predicted octanol–water partition coefficient (Wildman–Crippen LogP) is 4.60. The summed E-state index contributed by atoms with van der Waals surface area (Å²) in [6, 6.07) is 18.5. The number of hydrogen-bond acceptors (Lipinski definition) is 4. The molecule has 0 spiro atoms. The number of nitrogens with one attached hydrogen (secondary N) is 3. The number of nitrogens with zero attached hydrogens (tertiary/aromatic N) is 1. The van der Waals surface area contributed by atoms with Crippen LogP contribution < -0.4 is 16.0 Å². The molecule has 0 bridgehead atoms. The van der Waals surface area contributed by atoms with Crippen LogP contribution in [0.15, 0.2) is 66.9 Å². The smallest absolute Gasteiger partial charge is 0.257 e. The predicted molar refractivity (Wildman–Crippen MR) is 112 cm³/mol. The van der Waals surface area contributed by atoms with Crippen LogP contribution in [0.25, 0.3) is 0 Å². The fourth-order valence-electron chi connectivity index (χ4n) is 2.77. The van der Waals surface area contributed by atoms with Gasteiger partial charge in [0.15, 0.2) is 0 Å². The van der Waals surface area contributed by atoms with E-state index in [2.05, 4.69) is 33.9 Å². The van der Waals surface area contributed by atoms with E-state index in [4.69, 9.17) is 0 Å². The molecule has 6 heteroatoms. The molecule has 0 aliphatic rings. The largest absolute Gasteiger partial charge is 0.340 e. The van der Waals surface area contributed by atoms with Crippen molar-refractivity contribution in [2.45, 2.75) is 20.3 Å². The van der Waals surface area contributed by atoms with Gasteiger partial charge in [0.1, 0.15) is 5.82 Å². The van der Waals surface area contributed by atoms with Crippen LogP contribution in [-0.4, -0.2) is 16.8 Å². The number of rotatable bonds is 6. The minimum absolute atomic E-state index is 0.166. The van der Waals surface area contributed by atoms with Crippen molar-refractivity contribution in [1.82, 2.24) is 4.98 Å². The minimum atomic E-state index is -0.270. The maximum Gasteiger partial charge on any atom is 0.257 e. The molecule has 1 heterocycles. The molecule has 1 aromatic heterocycles. The maximum absolute atomic E-state index is 12.5. The van der Waals surface area contributed by atoms with Gasteiger partial charge in [-0.2, -0.15) is 0 Å². The zero-order chi connectivity index (χ0) is 19.9. The van der Waals surface area contributed by atoms with Crippen molar-refractivity contribution in [3.8, 4) is 0 Å². The first-order chi connectivity index (χ1) is 13.5. The van der Waals surface area contributed by atoms with Crippen LogP contribution in [0.1, 0.15) is 29.8 Å². The Morgan fingerprint density at radius 1 is 0.929 bits per heavy atom. The number of amides is 2. The lowest BCUT2D eigenvalue weighted by molar-refractivity contribution is -0.114. The van der Waals surface area contributed by atoms with Crippen LogP contribution >= 0.6 is 0 Å². The SMILES string of the molecule is CCc1ccccc1Nc1ccc(C(=O)Nc2cccc(NC(C)=O)c2)cn1. The van der Waals surface area contributed by atoms with E-state index in [0.29, 0.717) is 22.8 Å². The van der Waals surface area contributed by atoms with Gasteiger partial charge in [0.05, 0.1) is 5.56 Å². The molecule has 28 heavy (non-hydrogen) atoms. The Morgan fingerprint density at radius 2 is 1.68 bits per heavy atom. The second kappa shape index (κ2) is 8.81. The van der Waals surface area contributed by atoms with E-state index in [1.54, 1.807) is 36.4 Å². The third kappa shape index (κ3) is 4.94. The molecule has 0 aliphatic carbocycles. The van der Waals surface area contributed by atoms with E-state index in [1.807, 2.05) is 18.2 Å². The van der Waals surface area contributed by atoms with E-state index in [9.17, 15) is 9.59 Å². The van der Waals surface area contributed by atoms with Crippen LogP contribution in [0, 0.1) is 0 Å². The van der Waals surface area contributed by atoms with E-state index < -0.39 is 0 Å². The molecular weight excluding hydrogens is 352 g/mol. The highest BCUT2D eigenvalue weighted by Gasteiger charge is 2.08. The van der Waals surface area contributed by atoms with Gasteiger partial charge in [-0.3, -0.25) is 9.59 Å². The maximum atomic E-state index is 12.5.